The third-order valence-electron chi connectivity index (χ3n) is 5.37. The fourth-order valence-electron chi connectivity index (χ4n) is 3.39. The molecule has 1 heterocycles. The van der Waals surface area contributed by atoms with Crippen LogP contribution in [0, 0.1) is 0 Å². The van der Waals surface area contributed by atoms with Crippen LogP contribution in [0.3, 0.4) is 0 Å². The smallest absolute Gasteiger partial charge is 0.261 e. The first-order valence-electron chi connectivity index (χ1n) is 11.3. The largest absolute Gasteiger partial charge is 0.492 e. The molecule has 0 saturated carbocycles. The molecule has 1 atom stereocenters. The van der Waals surface area contributed by atoms with E-state index in [4.69, 9.17) is 14.2 Å². The van der Waals surface area contributed by atoms with Gasteiger partial charge in [-0.3, -0.25) is 4.79 Å². The summed E-state index contributed by atoms with van der Waals surface area (Å²) in [5, 5.41) is 2.82. The molecule has 1 amide bonds. The number of carbonyl (C=O) groups excluding carboxylic acids is 1. The van der Waals surface area contributed by atoms with E-state index in [0.29, 0.717) is 50.8 Å². The lowest BCUT2D eigenvalue weighted by atomic mass is 10.2. The third-order valence-corrected chi connectivity index (χ3v) is 7.29. The highest BCUT2D eigenvalue weighted by atomic mass is 32.2. The molecular weight excluding hydrogens is 444 g/mol. The lowest BCUT2D eigenvalue weighted by molar-refractivity contribution is -0.128. The summed E-state index contributed by atoms with van der Waals surface area (Å²) in [6, 6.07) is 14.0. The summed E-state index contributed by atoms with van der Waals surface area (Å²) in [6.45, 7) is 6.06. The molecule has 1 fully saturated rings. The number of benzene rings is 2. The molecule has 0 aromatic heterocycles. The molecule has 180 valence electrons. The predicted octanol–water partition coefficient (Wildman–Crippen LogP) is 2.62. The van der Waals surface area contributed by atoms with Crippen LogP contribution in [0.1, 0.15) is 25.8 Å². The van der Waals surface area contributed by atoms with Crippen molar-refractivity contribution in [2.75, 3.05) is 39.5 Å². The van der Waals surface area contributed by atoms with E-state index in [0.717, 1.165) is 6.42 Å². The molecule has 2 aromatic rings. The van der Waals surface area contributed by atoms with Crippen molar-refractivity contribution in [1.82, 2.24) is 9.62 Å². The van der Waals surface area contributed by atoms with Gasteiger partial charge in [-0.15, -0.1) is 0 Å². The van der Waals surface area contributed by atoms with Gasteiger partial charge in [0.2, 0.25) is 10.0 Å². The highest BCUT2D eigenvalue weighted by molar-refractivity contribution is 7.89. The summed E-state index contributed by atoms with van der Waals surface area (Å²) >= 11 is 0. The summed E-state index contributed by atoms with van der Waals surface area (Å²) in [6.07, 6.45) is 0.910. The van der Waals surface area contributed by atoms with E-state index >= 15 is 0 Å². The lowest BCUT2D eigenvalue weighted by Gasteiger charge is -2.26. The molecule has 1 saturated heterocycles. The summed E-state index contributed by atoms with van der Waals surface area (Å²) in [5.74, 6) is 0.995. The van der Waals surface area contributed by atoms with E-state index in [1.54, 1.807) is 12.1 Å². The summed E-state index contributed by atoms with van der Waals surface area (Å²) in [7, 11) is -3.53. The Morgan fingerprint density at radius 3 is 2.27 bits per heavy atom. The Balaban J connectivity index is 1.44. The molecule has 0 bridgehead atoms. The molecule has 0 spiro atoms. The van der Waals surface area contributed by atoms with Crippen LogP contribution in [-0.4, -0.2) is 64.2 Å². The van der Waals surface area contributed by atoms with Crippen molar-refractivity contribution in [3.8, 4) is 11.5 Å². The Morgan fingerprint density at radius 1 is 1.03 bits per heavy atom. The number of nitrogens with one attached hydrogen (secondary N) is 1. The van der Waals surface area contributed by atoms with Crippen LogP contribution in [0.15, 0.2) is 53.4 Å². The molecule has 0 radical (unpaired) electrons. The predicted molar refractivity (Wildman–Crippen MR) is 125 cm³/mol. The molecule has 1 aliphatic heterocycles. The molecule has 2 aromatic carbocycles. The molecule has 33 heavy (non-hydrogen) atoms. The maximum absolute atomic E-state index is 12.7. The van der Waals surface area contributed by atoms with E-state index < -0.39 is 16.1 Å². The van der Waals surface area contributed by atoms with Gasteiger partial charge in [0.1, 0.15) is 18.1 Å². The van der Waals surface area contributed by atoms with Gasteiger partial charge in [0.15, 0.2) is 6.10 Å². The molecule has 8 nitrogen and oxygen atoms in total. The van der Waals surface area contributed by atoms with E-state index in [-0.39, 0.29) is 17.4 Å². The number of sulfonamides is 1. The average Bonchev–Trinajstić information content (AvgIpc) is 2.86. The van der Waals surface area contributed by atoms with Gasteiger partial charge in [-0.1, -0.05) is 26.0 Å². The number of amides is 1. The van der Waals surface area contributed by atoms with Crippen molar-refractivity contribution in [1.29, 1.82) is 0 Å². The van der Waals surface area contributed by atoms with Crippen molar-refractivity contribution in [3.05, 3.63) is 54.1 Å². The average molecular weight is 477 g/mol. The molecular formula is C24H32N2O6S. The number of ether oxygens (including phenoxy) is 3. The molecule has 9 heteroatoms. The fraction of sp³-hybridized carbons (Fsp3) is 0.458. The van der Waals surface area contributed by atoms with Crippen molar-refractivity contribution in [2.24, 2.45) is 0 Å². The van der Waals surface area contributed by atoms with Crippen LogP contribution >= 0.6 is 0 Å². The first kappa shape index (κ1) is 25.0. The zero-order valence-electron chi connectivity index (χ0n) is 19.2. The van der Waals surface area contributed by atoms with Crippen molar-refractivity contribution >= 4 is 15.9 Å². The standard InChI is InChI=1S/C24H32N2O6S/c1-3-19-5-7-21(8-6-19)32-23(4-2)24(27)25-13-16-31-20-9-11-22(12-10-20)33(28,29)26-14-17-30-18-15-26/h5-12,23H,3-4,13-18H2,1-2H3,(H,25,27). The topological polar surface area (TPSA) is 94.2 Å². The first-order valence-corrected chi connectivity index (χ1v) is 12.7. The summed E-state index contributed by atoms with van der Waals surface area (Å²) in [5.41, 5.74) is 1.21. The van der Waals surface area contributed by atoms with Gasteiger partial charge in [0.25, 0.3) is 5.91 Å². The van der Waals surface area contributed by atoms with E-state index in [9.17, 15) is 13.2 Å². The SMILES string of the molecule is CCc1ccc(OC(CC)C(=O)NCCOc2ccc(S(=O)(=O)N3CCOCC3)cc2)cc1. The molecule has 0 aliphatic carbocycles. The van der Waals surface area contributed by atoms with E-state index in [1.165, 1.54) is 22.0 Å². The molecule has 1 aliphatic rings. The van der Waals surface area contributed by atoms with Gasteiger partial charge in [-0.05, 0) is 54.8 Å². The maximum atomic E-state index is 12.7. The van der Waals surface area contributed by atoms with Gasteiger partial charge in [-0.2, -0.15) is 4.31 Å². The summed E-state index contributed by atoms with van der Waals surface area (Å²) in [4.78, 5) is 12.7. The number of hydrogen-bond donors (Lipinski definition) is 1. The second kappa shape index (κ2) is 12.0. The number of nitrogens with zero attached hydrogens (tertiary/aromatic N) is 1. The first-order chi connectivity index (χ1) is 15.9. The van der Waals surface area contributed by atoms with Gasteiger partial charge >= 0.3 is 0 Å². The van der Waals surface area contributed by atoms with Crippen molar-refractivity contribution in [2.45, 2.75) is 37.7 Å². The highest BCUT2D eigenvalue weighted by Crippen LogP contribution is 2.20. The fourth-order valence-corrected chi connectivity index (χ4v) is 4.80. The van der Waals surface area contributed by atoms with Crippen LogP contribution in [0.25, 0.3) is 0 Å². The number of hydrogen-bond acceptors (Lipinski definition) is 6. The van der Waals surface area contributed by atoms with Gasteiger partial charge in [-0.25, -0.2) is 8.42 Å². The Kier molecular flexibility index (Phi) is 9.11. The lowest BCUT2D eigenvalue weighted by Crippen LogP contribution is -2.40. The second-order valence-corrected chi connectivity index (χ2v) is 9.58. The van der Waals surface area contributed by atoms with Crippen LogP contribution in [0.4, 0.5) is 0 Å². The Labute approximate surface area is 195 Å². The van der Waals surface area contributed by atoms with Gasteiger partial charge in [0, 0.05) is 13.1 Å². The zero-order chi connectivity index (χ0) is 23.7. The third kappa shape index (κ3) is 6.93. The maximum Gasteiger partial charge on any atom is 0.261 e. The molecule has 1 N–H and O–H groups in total. The van der Waals surface area contributed by atoms with Crippen LogP contribution in [0.2, 0.25) is 0 Å². The van der Waals surface area contributed by atoms with Gasteiger partial charge < -0.3 is 19.5 Å². The minimum Gasteiger partial charge on any atom is -0.492 e. The Hall–Kier alpha value is -2.62. The quantitative estimate of drug-likeness (QED) is 0.501. The van der Waals surface area contributed by atoms with E-state index in [2.05, 4.69) is 12.2 Å². The number of carbonyl (C=O) groups is 1. The van der Waals surface area contributed by atoms with Crippen LogP contribution in [0.5, 0.6) is 11.5 Å². The summed E-state index contributed by atoms with van der Waals surface area (Å²) < 4.78 is 43.4. The minimum absolute atomic E-state index is 0.201. The monoisotopic (exact) mass is 476 g/mol. The molecule has 3 rings (SSSR count). The minimum atomic E-state index is -3.53. The number of rotatable bonds is 11. The Morgan fingerprint density at radius 2 is 1.67 bits per heavy atom. The normalized spacial score (nSPS) is 15.6. The Bertz CT molecular complexity index is 987. The zero-order valence-corrected chi connectivity index (χ0v) is 20.0. The number of morpholine rings is 1. The van der Waals surface area contributed by atoms with Gasteiger partial charge in [0.05, 0.1) is 24.7 Å². The van der Waals surface area contributed by atoms with Crippen molar-refractivity contribution < 1.29 is 27.4 Å². The highest BCUT2D eigenvalue weighted by Gasteiger charge is 2.26. The van der Waals surface area contributed by atoms with Crippen LogP contribution < -0.4 is 14.8 Å². The second-order valence-electron chi connectivity index (χ2n) is 7.64. The molecule has 1 unspecified atom stereocenters. The van der Waals surface area contributed by atoms with Crippen molar-refractivity contribution in [3.63, 3.8) is 0 Å². The van der Waals surface area contributed by atoms with E-state index in [1.807, 2.05) is 31.2 Å². The number of aryl methyl sites for hydroxylation is 1. The van der Waals surface area contributed by atoms with Crippen LogP contribution in [-0.2, 0) is 26.0 Å².